The molecule has 0 heterocycles. The number of nitrogens with zero attached hydrogens (tertiary/aromatic N) is 1. The Bertz CT molecular complexity index is 134. The molecule has 3 nitrogen and oxygen atoms in total. The van der Waals surface area contributed by atoms with Crippen LogP contribution in [0.4, 0.5) is 0 Å². The lowest BCUT2D eigenvalue weighted by atomic mass is 10.1. The predicted octanol–water partition coefficient (Wildman–Crippen LogP) is 1.58. The van der Waals surface area contributed by atoms with E-state index in [1.807, 2.05) is 14.1 Å². The Morgan fingerprint density at radius 2 is 2.08 bits per heavy atom. The molecule has 72 valence electrons. The van der Waals surface area contributed by atoms with Crippen LogP contribution in [0, 0.1) is 0 Å². The molecule has 12 heavy (non-hydrogen) atoms. The Kier molecular flexibility index (Phi) is 5.72. The standard InChI is InChI=1S/C9H19NO2/c1-4-8(10(2)3)6-5-7-9(11)12/h8H,4-7H2,1-3H3,(H,11,12). The molecule has 1 N–H and O–H groups in total. The molecule has 0 saturated carbocycles. The second kappa shape index (κ2) is 6.00. The predicted molar refractivity (Wildman–Crippen MR) is 49.3 cm³/mol. The summed E-state index contributed by atoms with van der Waals surface area (Å²) in [5.74, 6) is -0.691. The summed E-state index contributed by atoms with van der Waals surface area (Å²) < 4.78 is 0. The van der Waals surface area contributed by atoms with Crippen LogP contribution in [0.25, 0.3) is 0 Å². The molecule has 1 unspecified atom stereocenters. The van der Waals surface area contributed by atoms with E-state index >= 15 is 0 Å². The molecule has 0 amide bonds. The van der Waals surface area contributed by atoms with E-state index in [1.165, 1.54) is 0 Å². The zero-order valence-electron chi connectivity index (χ0n) is 8.21. The van der Waals surface area contributed by atoms with Gasteiger partial charge in [0.25, 0.3) is 0 Å². The summed E-state index contributed by atoms with van der Waals surface area (Å²) in [5, 5.41) is 8.42. The molecular weight excluding hydrogens is 154 g/mol. The van der Waals surface area contributed by atoms with Crippen LogP contribution < -0.4 is 0 Å². The largest absolute Gasteiger partial charge is 0.481 e. The zero-order valence-corrected chi connectivity index (χ0v) is 8.21. The Morgan fingerprint density at radius 1 is 1.50 bits per heavy atom. The molecule has 0 spiro atoms. The number of carboxylic acid groups (broad SMARTS) is 1. The van der Waals surface area contributed by atoms with Gasteiger partial charge in [-0.15, -0.1) is 0 Å². The maximum Gasteiger partial charge on any atom is 0.303 e. The van der Waals surface area contributed by atoms with Gasteiger partial charge in [0.05, 0.1) is 0 Å². The molecule has 0 bridgehead atoms. The molecule has 0 aromatic rings. The molecular formula is C9H19NO2. The highest BCUT2D eigenvalue weighted by molar-refractivity contribution is 5.66. The molecule has 0 aliphatic heterocycles. The van der Waals surface area contributed by atoms with Crippen molar-refractivity contribution in [3.63, 3.8) is 0 Å². The fraction of sp³-hybridized carbons (Fsp3) is 0.889. The molecule has 0 aliphatic rings. The summed E-state index contributed by atoms with van der Waals surface area (Å²) in [7, 11) is 4.07. The molecule has 1 atom stereocenters. The number of aliphatic carboxylic acids is 1. The van der Waals surface area contributed by atoms with Crippen molar-refractivity contribution in [3.8, 4) is 0 Å². The van der Waals surface area contributed by atoms with Crippen molar-refractivity contribution in [3.05, 3.63) is 0 Å². The zero-order chi connectivity index (χ0) is 9.56. The monoisotopic (exact) mass is 173 g/mol. The smallest absolute Gasteiger partial charge is 0.303 e. The summed E-state index contributed by atoms with van der Waals surface area (Å²) in [6, 6.07) is 0.532. The number of rotatable bonds is 6. The van der Waals surface area contributed by atoms with Gasteiger partial charge in [-0.1, -0.05) is 6.92 Å². The SMILES string of the molecule is CCC(CCCC(=O)O)N(C)C. The lowest BCUT2D eigenvalue weighted by molar-refractivity contribution is -0.137. The second-order valence-corrected chi connectivity index (χ2v) is 3.31. The Labute approximate surface area is 74.4 Å². The molecule has 3 heteroatoms. The quantitative estimate of drug-likeness (QED) is 0.663. The highest BCUT2D eigenvalue weighted by atomic mass is 16.4. The average molecular weight is 173 g/mol. The first-order chi connectivity index (χ1) is 5.57. The van der Waals surface area contributed by atoms with Gasteiger partial charge in [-0.2, -0.15) is 0 Å². The van der Waals surface area contributed by atoms with Crippen LogP contribution in [0.15, 0.2) is 0 Å². The fourth-order valence-electron chi connectivity index (χ4n) is 1.32. The van der Waals surface area contributed by atoms with Gasteiger partial charge in [0, 0.05) is 12.5 Å². The summed E-state index contributed by atoms with van der Waals surface area (Å²) in [5.41, 5.74) is 0. The van der Waals surface area contributed by atoms with Gasteiger partial charge in [0.15, 0.2) is 0 Å². The molecule has 0 fully saturated rings. The van der Waals surface area contributed by atoms with E-state index in [9.17, 15) is 4.79 Å². The first-order valence-corrected chi connectivity index (χ1v) is 4.46. The fourth-order valence-corrected chi connectivity index (χ4v) is 1.32. The van der Waals surface area contributed by atoms with Crippen LogP contribution in [0.3, 0.4) is 0 Å². The number of hydrogen-bond acceptors (Lipinski definition) is 2. The highest BCUT2D eigenvalue weighted by Crippen LogP contribution is 2.08. The van der Waals surface area contributed by atoms with Gasteiger partial charge >= 0.3 is 5.97 Å². The van der Waals surface area contributed by atoms with E-state index in [2.05, 4.69) is 11.8 Å². The molecule has 0 saturated heterocycles. The Balaban J connectivity index is 3.51. The highest BCUT2D eigenvalue weighted by Gasteiger charge is 2.08. The van der Waals surface area contributed by atoms with Crippen molar-refractivity contribution in [1.82, 2.24) is 4.90 Å². The van der Waals surface area contributed by atoms with Gasteiger partial charge < -0.3 is 10.0 Å². The van der Waals surface area contributed by atoms with Gasteiger partial charge in [0.1, 0.15) is 0 Å². The first-order valence-electron chi connectivity index (χ1n) is 4.46. The van der Waals surface area contributed by atoms with Crippen molar-refractivity contribution in [2.24, 2.45) is 0 Å². The van der Waals surface area contributed by atoms with Crippen LogP contribution >= 0.6 is 0 Å². The third kappa shape index (κ3) is 5.13. The van der Waals surface area contributed by atoms with Crippen LogP contribution in [0.2, 0.25) is 0 Å². The Morgan fingerprint density at radius 3 is 2.42 bits per heavy atom. The Hall–Kier alpha value is -0.570. The number of carboxylic acids is 1. The normalized spacial score (nSPS) is 13.3. The van der Waals surface area contributed by atoms with Crippen molar-refractivity contribution in [2.45, 2.75) is 38.6 Å². The number of hydrogen-bond donors (Lipinski definition) is 1. The van der Waals surface area contributed by atoms with E-state index in [1.54, 1.807) is 0 Å². The molecule has 0 rings (SSSR count). The second-order valence-electron chi connectivity index (χ2n) is 3.31. The van der Waals surface area contributed by atoms with Gasteiger partial charge in [-0.25, -0.2) is 0 Å². The van der Waals surface area contributed by atoms with E-state index < -0.39 is 5.97 Å². The summed E-state index contributed by atoms with van der Waals surface area (Å²) >= 11 is 0. The van der Waals surface area contributed by atoms with Crippen LogP contribution in [-0.4, -0.2) is 36.1 Å². The summed E-state index contributed by atoms with van der Waals surface area (Å²) in [6.45, 7) is 2.13. The summed E-state index contributed by atoms with van der Waals surface area (Å²) in [6.07, 6.45) is 3.15. The lowest BCUT2D eigenvalue weighted by Crippen LogP contribution is -2.27. The minimum Gasteiger partial charge on any atom is -0.481 e. The molecule has 0 aromatic heterocycles. The van der Waals surface area contributed by atoms with Crippen molar-refractivity contribution < 1.29 is 9.90 Å². The maximum absolute atomic E-state index is 10.2. The molecule has 0 aliphatic carbocycles. The van der Waals surface area contributed by atoms with Crippen molar-refractivity contribution in [1.29, 1.82) is 0 Å². The first kappa shape index (κ1) is 11.4. The van der Waals surface area contributed by atoms with Gasteiger partial charge in [-0.3, -0.25) is 4.79 Å². The minimum absolute atomic E-state index is 0.296. The van der Waals surface area contributed by atoms with E-state index in [0.29, 0.717) is 12.5 Å². The minimum atomic E-state index is -0.691. The van der Waals surface area contributed by atoms with E-state index in [4.69, 9.17) is 5.11 Å². The van der Waals surface area contributed by atoms with Crippen molar-refractivity contribution in [2.75, 3.05) is 14.1 Å². The third-order valence-corrected chi connectivity index (χ3v) is 2.13. The summed E-state index contributed by atoms with van der Waals surface area (Å²) in [4.78, 5) is 12.4. The third-order valence-electron chi connectivity index (χ3n) is 2.13. The topological polar surface area (TPSA) is 40.5 Å². The average Bonchev–Trinajstić information content (AvgIpc) is 1.96. The van der Waals surface area contributed by atoms with Crippen LogP contribution in [0.1, 0.15) is 32.6 Å². The van der Waals surface area contributed by atoms with Crippen LogP contribution in [0.5, 0.6) is 0 Å². The van der Waals surface area contributed by atoms with Crippen molar-refractivity contribution >= 4 is 5.97 Å². The van der Waals surface area contributed by atoms with Gasteiger partial charge in [-0.05, 0) is 33.4 Å². The molecule has 0 radical (unpaired) electrons. The maximum atomic E-state index is 10.2. The van der Waals surface area contributed by atoms with Gasteiger partial charge in [0.2, 0.25) is 0 Å². The molecule has 0 aromatic carbocycles. The number of carbonyl (C=O) groups is 1. The lowest BCUT2D eigenvalue weighted by Gasteiger charge is -2.22. The van der Waals surface area contributed by atoms with E-state index in [-0.39, 0.29) is 0 Å². The van der Waals surface area contributed by atoms with Crippen LogP contribution in [-0.2, 0) is 4.79 Å². The van der Waals surface area contributed by atoms with E-state index in [0.717, 1.165) is 19.3 Å².